The molecule has 1 nitrogen and oxygen atoms in total. The summed E-state index contributed by atoms with van der Waals surface area (Å²) in [5.41, 5.74) is 0.540. The Bertz CT molecular complexity index is 193. The van der Waals surface area contributed by atoms with E-state index in [-0.39, 0.29) is 0 Å². The highest BCUT2D eigenvalue weighted by Crippen LogP contribution is 2.38. The van der Waals surface area contributed by atoms with E-state index in [0.717, 1.165) is 18.0 Å². The van der Waals surface area contributed by atoms with Crippen molar-refractivity contribution >= 4 is 0 Å². The van der Waals surface area contributed by atoms with Crippen LogP contribution in [-0.2, 0) is 0 Å². The molecule has 2 rings (SSSR count). The Morgan fingerprint density at radius 1 is 1.14 bits per heavy atom. The lowest BCUT2D eigenvalue weighted by Gasteiger charge is -2.37. The van der Waals surface area contributed by atoms with Gasteiger partial charge in [-0.05, 0) is 43.9 Å². The highest BCUT2D eigenvalue weighted by molar-refractivity contribution is 4.93. The van der Waals surface area contributed by atoms with E-state index >= 15 is 0 Å². The summed E-state index contributed by atoms with van der Waals surface area (Å²) in [5, 5.41) is 3.87. The summed E-state index contributed by atoms with van der Waals surface area (Å²) in [5.74, 6) is 0.978. The van der Waals surface area contributed by atoms with Crippen molar-refractivity contribution in [2.45, 2.75) is 71.4 Å². The third-order valence-electron chi connectivity index (χ3n) is 4.58. The number of hydrogen-bond acceptors (Lipinski definition) is 1. The lowest BCUT2D eigenvalue weighted by molar-refractivity contribution is 0.189. The van der Waals surface area contributed by atoms with E-state index < -0.39 is 0 Å². The van der Waals surface area contributed by atoms with E-state index in [1.165, 1.54) is 38.5 Å². The molecule has 0 aromatic carbocycles. The summed E-state index contributed by atoms with van der Waals surface area (Å²) in [6.07, 6.45) is 8.60. The summed E-state index contributed by atoms with van der Waals surface area (Å²) in [4.78, 5) is 0. The van der Waals surface area contributed by atoms with Crippen molar-refractivity contribution in [3.63, 3.8) is 0 Å². The summed E-state index contributed by atoms with van der Waals surface area (Å²) in [6.45, 7) is 7.23. The van der Waals surface area contributed by atoms with Gasteiger partial charge in [-0.3, -0.25) is 0 Å². The summed E-state index contributed by atoms with van der Waals surface area (Å²) in [7, 11) is 0. The third kappa shape index (κ3) is 1.98. The normalized spacial score (nSPS) is 34.1. The van der Waals surface area contributed by atoms with Crippen LogP contribution in [0.5, 0.6) is 0 Å². The Balaban J connectivity index is 1.83. The van der Waals surface area contributed by atoms with E-state index in [9.17, 15) is 0 Å². The molecule has 2 unspecified atom stereocenters. The Morgan fingerprint density at radius 2 is 1.86 bits per heavy atom. The maximum absolute atomic E-state index is 3.87. The van der Waals surface area contributed by atoms with Gasteiger partial charge < -0.3 is 5.32 Å². The Kier molecular flexibility index (Phi) is 2.88. The van der Waals surface area contributed by atoms with Crippen molar-refractivity contribution in [2.75, 3.05) is 0 Å². The maximum Gasteiger partial charge on any atom is 0.0121 e. The predicted molar refractivity (Wildman–Crippen MR) is 61.4 cm³/mol. The summed E-state index contributed by atoms with van der Waals surface area (Å²) in [6, 6.07) is 1.53. The average molecular weight is 195 g/mol. The molecule has 2 aliphatic rings. The molecule has 2 atom stereocenters. The van der Waals surface area contributed by atoms with Crippen LogP contribution in [0.25, 0.3) is 0 Å². The van der Waals surface area contributed by atoms with Gasteiger partial charge in [0.15, 0.2) is 0 Å². The van der Waals surface area contributed by atoms with Gasteiger partial charge in [0.1, 0.15) is 0 Å². The van der Waals surface area contributed by atoms with Crippen molar-refractivity contribution in [3.05, 3.63) is 0 Å². The van der Waals surface area contributed by atoms with Crippen LogP contribution < -0.4 is 5.32 Å². The SMILES string of the molecule is CC(NC1CCCC1(C)C)C1CCC1. The molecular weight excluding hydrogens is 170 g/mol. The maximum atomic E-state index is 3.87. The molecule has 0 aromatic rings. The van der Waals surface area contributed by atoms with Gasteiger partial charge in [0.2, 0.25) is 0 Å². The van der Waals surface area contributed by atoms with E-state index in [2.05, 4.69) is 26.1 Å². The van der Waals surface area contributed by atoms with Crippen LogP contribution in [0.2, 0.25) is 0 Å². The highest BCUT2D eigenvalue weighted by atomic mass is 15.0. The van der Waals surface area contributed by atoms with Gasteiger partial charge in [-0.2, -0.15) is 0 Å². The molecule has 1 N–H and O–H groups in total. The fourth-order valence-electron chi connectivity index (χ4n) is 3.03. The van der Waals surface area contributed by atoms with Crippen LogP contribution in [0.15, 0.2) is 0 Å². The molecule has 0 bridgehead atoms. The zero-order chi connectivity index (χ0) is 10.2. The van der Waals surface area contributed by atoms with Crippen molar-refractivity contribution in [1.29, 1.82) is 0 Å². The molecule has 82 valence electrons. The number of hydrogen-bond donors (Lipinski definition) is 1. The van der Waals surface area contributed by atoms with E-state index in [4.69, 9.17) is 0 Å². The Labute approximate surface area is 88.7 Å². The predicted octanol–water partition coefficient (Wildman–Crippen LogP) is 3.34. The lowest BCUT2D eigenvalue weighted by atomic mass is 9.79. The summed E-state index contributed by atoms with van der Waals surface area (Å²) < 4.78 is 0. The number of nitrogens with one attached hydrogen (secondary N) is 1. The molecule has 0 aromatic heterocycles. The second-order valence-electron chi connectivity index (χ2n) is 6.08. The van der Waals surface area contributed by atoms with Gasteiger partial charge in [-0.15, -0.1) is 0 Å². The molecule has 0 radical (unpaired) electrons. The molecule has 1 heteroatoms. The minimum absolute atomic E-state index is 0.540. The van der Waals surface area contributed by atoms with Gasteiger partial charge in [0.25, 0.3) is 0 Å². The average Bonchev–Trinajstić information content (AvgIpc) is 2.27. The topological polar surface area (TPSA) is 12.0 Å². The zero-order valence-corrected chi connectivity index (χ0v) is 9.97. The van der Waals surface area contributed by atoms with Crippen LogP contribution in [0.1, 0.15) is 59.3 Å². The molecule has 0 saturated heterocycles. The minimum Gasteiger partial charge on any atom is -0.311 e. The highest BCUT2D eigenvalue weighted by Gasteiger charge is 2.36. The second kappa shape index (κ2) is 3.84. The molecule has 0 heterocycles. The monoisotopic (exact) mass is 195 g/mol. The van der Waals surface area contributed by atoms with E-state index in [1.807, 2.05) is 0 Å². The zero-order valence-electron chi connectivity index (χ0n) is 9.97. The fourth-order valence-corrected chi connectivity index (χ4v) is 3.03. The van der Waals surface area contributed by atoms with Crippen LogP contribution in [0, 0.1) is 11.3 Å². The lowest BCUT2D eigenvalue weighted by Crippen LogP contribution is -2.47. The smallest absolute Gasteiger partial charge is 0.0121 e. The minimum atomic E-state index is 0.540. The van der Waals surface area contributed by atoms with Gasteiger partial charge in [-0.1, -0.05) is 26.7 Å². The number of rotatable bonds is 3. The van der Waals surface area contributed by atoms with Crippen LogP contribution in [0.4, 0.5) is 0 Å². The first kappa shape index (κ1) is 10.5. The van der Waals surface area contributed by atoms with Crippen molar-refractivity contribution in [2.24, 2.45) is 11.3 Å². The fraction of sp³-hybridized carbons (Fsp3) is 1.00. The molecule has 2 aliphatic carbocycles. The van der Waals surface area contributed by atoms with Crippen molar-refractivity contribution < 1.29 is 0 Å². The molecule has 0 amide bonds. The molecule has 2 fully saturated rings. The largest absolute Gasteiger partial charge is 0.311 e. The quantitative estimate of drug-likeness (QED) is 0.728. The summed E-state index contributed by atoms with van der Waals surface area (Å²) >= 11 is 0. The standard InChI is InChI=1S/C13H25N/c1-10(11-6-4-7-11)14-12-8-5-9-13(12,2)3/h10-12,14H,4-9H2,1-3H3. The van der Waals surface area contributed by atoms with Gasteiger partial charge in [-0.25, -0.2) is 0 Å². The molecule has 0 aliphatic heterocycles. The van der Waals surface area contributed by atoms with Gasteiger partial charge in [0, 0.05) is 12.1 Å². The Hall–Kier alpha value is -0.0400. The van der Waals surface area contributed by atoms with Crippen molar-refractivity contribution in [3.8, 4) is 0 Å². The van der Waals surface area contributed by atoms with Crippen LogP contribution in [0.3, 0.4) is 0 Å². The molecule has 14 heavy (non-hydrogen) atoms. The first-order valence-corrected chi connectivity index (χ1v) is 6.36. The molecule has 2 saturated carbocycles. The van der Waals surface area contributed by atoms with Gasteiger partial charge in [0.05, 0.1) is 0 Å². The second-order valence-corrected chi connectivity index (χ2v) is 6.08. The first-order chi connectivity index (χ1) is 6.59. The van der Waals surface area contributed by atoms with Crippen LogP contribution >= 0.6 is 0 Å². The van der Waals surface area contributed by atoms with E-state index in [1.54, 1.807) is 0 Å². The third-order valence-corrected chi connectivity index (χ3v) is 4.58. The first-order valence-electron chi connectivity index (χ1n) is 6.36. The Morgan fingerprint density at radius 3 is 2.29 bits per heavy atom. The molecule has 0 spiro atoms. The molecular formula is C13H25N. The van der Waals surface area contributed by atoms with Gasteiger partial charge >= 0.3 is 0 Å². The van der Waals surface area contributed by atoms with Crippen LogP contribution in [-0.4, -0.2) is 12.1 Å². The van der Waals surface area contributed by atoms with Crippen molar-refractivity contribution in [1.82, 2.24) is 5.32 Å². The van der Waals surface area contributed by atoms with E-state index in [0.29, 0.717) is 5.41 Å².